The molecular formula is C19H19FN2O2S2. The monoisotopic (exact) mass is 390 g/mol. The van der Waals surface area contributed by atoms with Crippen LogP contribution in [-0.4, -0.2) is 13.0 Å². The zero-order chi connectivity index (χ0) is 18.9. The van der Waals surface area contributed by atoms with Crippen LogP contribution < -0.4 is 4.80 Å². The lowest BCUT2D eigenvalue weighted by Gasteiger charge is -2.06. The Kier molecular flexibility index (Phi) is 5.11. The SMILES string of the molecule is C=CCn1/c(=N/S(=O)(=O)c2ccc(F)cc2)sc2cc(C(C)C)ccc21. The smallest absolute Gasteiger partial charge is 0.285 e. The van der Waals surface area contributed by atoms with E-state index in [-0.39, 0.29) is 4.90 Å². The van der Waals surface area contributed by atoms with E-state index in [9.17, 15) is 12.8 Å². The van der Waals surface area contributed by atoms with Crippen LogP contribution >= 0.6 is 11.3 Å². The summed E-state index contributed by atoms with van der Waals surface area (Å²) in [6.07, 6.45) is 1.70. The van der Waals surface area contributed by atoms with Gasteiger partial charge in [0.15, 0.2) is 0 Å². The van der Waals surface area contributed by atoms with Crippen molar-refractivity contribution in [1.82, 2.24) is 4.57 Å². The van der Waals surface area contributed by atoms with Gasteiger partial charge in [-0.1, -0.05) is 37.3 Å². The highest BCUT2D eigenvalue weighted by molar-refractivity contribution is 7.90. The Bertz CT molecular complexity index is 1120. The molecule has 26 heavy (non-hydrogen) atoms. The van der Waals surface area contributed by atoms with Crippen LogP contribution in [0.2, 0.25) is 0 Å². The van der Waals surface area contributed by atoms with Gasteiger partial charge < -0.3 is 4.57 Å². The molecule has 136 valence electrons. The van der Waals surface area contributed by atoms with Gasteiger partial charge in [0.2, 0.25) is 4.80 Å². The van der Waals surface area contributed by atoms with E-state index in [1.165, 1.54) is 29.0 Å². The second kappa shape index (κ2) is 7.17. The quantitative estimate of drug-likeness (QED) is 0.605. The molecule has 0 spiro atoms. The fourth-order valence-corrected chi connectivity index (χ4v) is 4.88. The molecule has 7 heteroatoms. The molecule has 0 atom stereocenters. The summed E-state index contributed by atoms with van der Waals surface area (Å²) in [4.78, 5) is 0.328. The number of nitrogens with zero attached hydrogens (tertiary/aromatic N) is 2. The Balaban J connectivity index is 2.22. The number of benzene rings is 2. The van der Waals surface area contributed by atoms with E-state index in [0.29, 0.717) is 17.3 Å². The first-order valence-corrected chi connectivity index (χ1v) is 10.4. The number of hydrogen-bond acceptors (Lipinski definition) is 3. The molecule has 0 aliphatic heterocycles. The molecule has 3 rings (SSSR count). The van der Waals surface area contributed by atoms with Gasteiger partial charge >= 0.3 is 0 Å². The van der Waals surface area contributed by atoms with Crippen molar-refractivity contribution in [1.29, 1.82) is 0 Å². The number of sulfonamides is 1. The second-order valence-corrected chi connectivity index (χ2v) is 8.80. The van der Waals surface area contributed by atoms with Gasteiger partial charge in [-0.05, 0) is 47.9 Å². The predicted octanol–water partition coefficient (Wildman–Crippen LogP) is 4.44. The molecule has 0 radical (unpaired) electrons. The van der Waals surface area contributed by atoms with Crippen LogP contribution in [0.5, 0.6) is 0 Å². The number of thiazole rings is 1. The lowest BCUT2D eigenvalue weighted by atomic mass is 10.0. The summed E-state index contributed by atoms with van der Waals surface area (Å²) in [5, 5.41) is 0. The van der Waals surface area contributed by atoms with E-state index >= 15 is 0 Å². The van der Waals surface area contributed by atoms with Crippen molar-refractivity contribution in [3.63, 3.8) is 0 Å². The van der Waals surface area contributed by atoms with Crippen LogP contribution in [0.3, 0.4) is 0 Å². The van der Waals surface area contributed by atoms with Gasteiger partial charge in [0.05, 0.1) is 15.1 Å². The Morgan fingerprint density at radius 2 is 1.92 bits per heavy atom. The van der Waals surface area contributed by atoms with Gasteiger partial charge in [0, 0.05) is 6.54 Å². The number of hydrogen-bond donors (Lipinski definition) is 0. The number of aromatic nitrogens is 1. The maximum atomic E-state index is 13.1. The molecule has 4 nitrogen and oxygen atoms in total. The molecule has 0 bridgehead atoms. The fraction of sp³-hybridized carbons (Fsp3) is 0.211. The molecule has 0 saturated heterocycles. The molecule has 3 aromatic rings. The van der Waals surface area contributed by atoms with Crippen LogP contribution in [0.25, 0.3) is 10.2 Å². The van der Waals surface area contributed by atoms with Crippen molar-refractivity contribution in [3.8, 4) is 0 Å². The summed E-state index contributed by atoms with van der Waals surface area (Å²) in [6, 6.07) is 10.7. The minimum Gasteiger partial charge on any atom is -0.312 e. The van der Waals surface area contributed by atoms with Crippen molar-refractivity contribution in [2.24, 2.45) is 4.40 Å². The van der Waals surface area contributed by atoms with Gasteiger partial charge in [-0.3, -0.25) is 0 Å². The van der Waals surface area contributed by atoms with Gasteiger partial charge in [0.1, 0.15) is 5.82 Å². The molecular weight excluding hydrogens is 371 g/mol. The van der Waals surface area contributed by atoms with Gasteiger partial charge in [-0.15, -0.1) is 11.0 Å². The number of halogens is 1. The lowest BCUT2D eigenvalue weighted by Crippen LogP contribution is -2.16. The minimum atomic E-state index is -3.93. The molecule has 1 aromatic heterocycles. The normalized spacial score (nSPS) is 12.8. The number of allylic oxidation sites excluding steroid dienone is 1. The van der Waals surface area contributed by atoms with Crippen LogP contribution in [0.15, 0.2) is 64.4 Å². The van der Waals surface area contributed by atoms with Crippen LogP contribution in [0.1, 0.15) is 25.3 Å². The summed E-state index contributed by atoms with van der Waals surface area (Å²) in [7, 11) is -3.93. The van der Waals surface area contributed by atoms with E-state index in [1.54, 1.807) is 6.08 Å². The second-order valence-electron chi connectivity index (χ2n) is 6.19. The molecule has 1 heterocycles. The molecule has 0 aliphatic carbocycles. The first-order chi connectivity index (χ1) is 12.3. The molecule has 0 fully saturated rings. The average Bonchev–Trinajstić information content (AvgIpc) is 2.91. The Labute approximate surface area is 156 Å². The van der Waals surface area contributed by atoms with Crippen molar-refractivity contribution in [2.75, 3.05) is 0 Å². The molecule has 0 unspecified atom stereocenters. The van der Waals surface area contributed by atoms with E-state index < -0.39 is 15.8 Å². The Morgan fingerprint density at radius 3 is 2.54 bits per heavy atom. The Hall–Kier alpha value is -2.25. The highest BCUT2D eigenvalue weighted by Gasteiger charge is 2.15. The van der Waals surface area contributed by atoms with E-state index in [2.05, 4.69) is 30.9 Å². The fourth-order valence-electron chi connectivity index (χ4n) is 2.59. The van der Waals surface area contributed by atoms with Crippen molar-refractivity contribution in [2.45, 2.75) is 31.2 Å². The number of rotatable bonds is 5. The first-order valence-electron chi connectivity index (χ1n) is 8.12. The van der Waals surface area contributed by atoms with Gasteiger partial charge in [0.25, 0.3) is 10.0 Å². The summed E-state index contributed by atoms with van der Waals surface area (Å²) >= 11 is 1.32. The minimum absolute atomic E-state index is 0.0376. The third-order valence-corrected chi connectivity index (χ3v) is 6.43. The van der Waals surface area contributed by atoms with Gasteiger partial charge in [-0.2, -0.15) is 8.42 Å². The lowest BCUT2D eigenvalue weighted by molar-refractivity contribution is 0.594. The summed E-state index contributed by atoms with van der Waals surface area (Å²) < 4.78 is 45.1. The molecule has 0 N–H and O–H groups in total. The zero-order valence-electron chi connectivity index (χ0n) is 14.5. The molecule has 0 saturated carbocycles. The van der Waals surface area contributed by atoms with Crippen LogP contribution in [-0.2, 0) is 16.6 Å². The predicted molar refractivity (Wildman–Crippen MR) is 103 cm³/mol. The third-order valence-electron chi connectivity index (χ3n) is 3.99. The van der Waals surface area contributed by atoms with E-state index in [4.69, 9.17) is 0 Å². The third kappa shape index (κ3) is 3.64. The number of fused-ring (bicyclic) bond motifs is 1. The molecule has 0 amide bonds. The summed E-state index contributed by atoms with van der Waals surface area (Å²) in [5.41, 5.74) is 2.09. The van der Waals surface area contributed by atoms with Gasteiger partial charge in [-0.25, -0.2) is 4.39 Å². The highest BCUT2D eigenvalue weighted by Crippen LogP contribution is 2.24. The summed E-state index contributed by atoms with van der Waals surface area (Å²) in [5.74, 6) is -0.119. The molecule has 2 aromatic carbocycles. The largest absolute Gasteiger partial charge is 0.312 e. The standard InChI is InChI=1S/C19H19FN2O2S2/c1-4-11-22-17-10-5-14(13(2)3)12-18(17)25-19(22)21-26(23,24)16-8-6-15(20)7-9-16/h4-10,12-13H,1,11H2,2-3H3/b21-19-. The maximum absolute atomic E-state index is 13.1. The average molecular weight is 391 g/mol. The van der Waals surface area contributed by atoms with Crippen LogP contribution in [0.4, 0.5) is 4.39 Å². The molecule has 0 aliphatic rings. The van der Waals surface area contributed by atoms with Crippen LogP contribution in [0, 0.1) is 5.82 Å². The van der Waals surface area contributed by atoms with Crippen molar-refractivity contribution < 1.29 is 12.8 Å². The first kappa shape index (κ1) is 18.5. The zero-order valence-corrected chi connectivity index (χ0v) is 16.1. The van der Waals surface area contributed by atoms with E-state index in [0.717, 1.165) is 22.3 Å². The van der Waals surface area contributed by atoms with Crippen molar-refractivity contribution >= 4 is 31.6 Å². The highest BCUT2D eigenvalue weighted by atomic mass is 32.2. The Morgan fingerprint density at radius 1 is 1.23 bits per heavy atom. The summed E-state index contributed by atoms with van der Waals surface area (Å²) in [6.45, 7) is 8.40. The maximum Gasteiger partial charge on any atom is 0.285 e. The topological polar surface area (TPSA) is 51.4 Å². The van der Waals surface area contributed by atoms with E-state index in [1.807, 2.05) is 16.7 Å². The van der Waals surface area contributed by atoms with Crippen molar-refractivity contribution in [3.05, 3.63) is 71.3 Å².